The predicted octanol–water partition coefficient (Wildman–Crippen LogP) is 1.85. The van der Waals surface area contributed by atoms with Crippen LogP contribution in [-0.2, 0) is 4.79 Å². The molecule has 3 rings (SSSR count). The molecule has 1 N–H and O–H groups in total. The molecular formula is C17H31N3O. The van der Waals surface area contributed by atoms with Crippen LogP contribution >= 0.6 is 0 Å². The highest BCUT2D eigenvalue weighted by molar-refractivity contribution is 5.82. The Morgan fingerprint density at radius 3 is 2.57 bits per heavy atom. The van der Waals surface area contributed by atoms with Gasteiger partial charge in [0.25, 0.3) is 0 Å². The van der Waals surface area contributed by atoms with Crippen LogP contribution in [0.4, 0.5) is 0 Å². The number of rotatable bonds is 2. The van der Waals surface area contributed by atoms with Gasteiger partial charge >= 0.3 is 0 Å². The van der Waals surface area contributed by atoms with Crippen LogP contribution in [0.1, 0.15) is 52.4 Å². The van der Waals surface area contributed by atoms with Crippen molar-refractivity contribution in [2.24, 2.45) is 5.41 Å². The highest BCUT2D eigenvalue weighted by Crippen LogP contribution is 2.31. The smallest absolute Gasteiger partial charge is 0.239 e. The number of carbonyl (C=O) groups excluding carboxylic acids is 1. The van der Waals surface area contributed by atoms with Crippen molar-refractivity contribution in [1.82, 2.24) is 15.1 Å². The second-order valence-electron chi connectivity index (χ2n) is 7.90. The molecule has 4 nitrogen and oxygen atoms in total. The van der Waals surface area contributed by atoms with E-state index in [0.717, 1.165) is 39.1 Å². The van der Waals surface area contributed by atoms with Crippen LogP contribution in [0.2, 0.25) is 0 Å². The maximum Gasteiger partial charge on any atom is 0.239 e. The monoisotopic (exact) mass is 293 g/mol. The number of carbonyl (C=O) groups is 1. The summed E-state index contributed by atoms with van der Waals surface area (Å²) in [6, 6.07) is 0.794. The lowest BCUT2D eigenvalue weighted by atomic mass is 9.84. The summed E-state index contributed by atoms with van der Waals surface area (Å²) in [6.45, 7) is 9.86. The Balaban J connectivity index is 1.65. The zero-order chi connectivity index (χ0) is 14.9. The van der Waals surface area contributed by atoms with E-state index in [4.69, 9.17) is 0 Å². The molecule has 0 aromatic rings. The molecule has 0 radical (unpaired) electrons. The number of piperidine rings is 2. The molecule has 0 aliphatic carbocycles. The van der Waals surface area contributed by atoms with Crippen molar-refractivity contribution in [3.63, 3.8) is 0 Å². The first-order chi connectivity index (χ1) is 10.1. The fraction of sp³-hybridized carbons (Fsp3) is 0.941. The summed E-state index contributed by atoms with van der Waals surface area (Å²) in [7, 11) is 0. The molecule has 3 heterocycles. The van der Waals surface area contributed by atoms with Crippen molar-refractivity contribution in [2.75, 3.05) is 32.7 Å². The topological polar surface area (TPSA) is 35.6 Å². The van der Waals surface area contributed by atoms with Crippen molar-refractivity contribution in [2.45, 2.75) is 64.5 Å². The maximum absolute atomic E-state index is 13.0. The first-order valence-corrected chi connectivity index (χ1v) is 8.82. The summed E-state index contributed by atoms with van der Waals surface area (Å²) in [4.78, 5) is 17.7. The van der Waals surface area contributed by atoms with Gasteiger partial charge < -0.3 is 10.2 Å². The van der Waals surface area contributed by atoms with Crippen LogP contribution in [0.3, 0.4) is 0 Å². The van der Waals surface area contributed by atoms with Gasteiger partial charge in [0.15, 0.2) is 0 Å². The van der Waals surface area contributed by atoms with E-state index in [1.165, 1.54) is 32.1 Å². The lowest BCUT2D eigenvalue weighted by Crippen LogP contribution is -2.54. The molecule has 120 valence electrons. The molecule has 3 fully saturated rings. The molecule has 3 saturated heterocycles. The Labute approximate surface area is 129 Å². The first kappa shape index (κ1) is 15.3. The van der Waals surface area contributed by atoms with Gasteiger partial charge in [-0.15, -0.1) is 0 Å². The third-order valence-electron chi connectivity index (χ3n) is 5.57. The van der Waals surface area contributed by atoms with Gasteiger partial charge in [-0.1, -0.05) is 13.8 Å². The van der Waals surface area contributed by atoms with Crippen molar-refractivity contribution in [3.8, 4) is 0 Å². The summed E-state index contributed by atoms with van der Waals surface area (Å²) in [5.74, 6) is 0.416. The summed E-state index contributed by atoms with van der Waals surface area (Å²) in [5.41, 5.74) is 0.298. The Hall–Kier alpha value is -0.610. The van der Waals surface area contributed by atoms with Gasteiger partial charge in [0.05, 0.1) is 6.04 Å². The third-order valence-corrected chi connectivity index (χ3v) is 5.57. The molecule has 0 bridgehead atoms. The zero-order valence-corrected chi connectivity index (χ0v) is 13.7. The van der Waals surface area contributed by atoms with E-state index in [2.05, 4.69) is 29.0 Å². The van der Waals surface area contributed by atoms with Gasteiger partial charge in [-0.2, -0.15) is 0 Å². The average molecular weight is 293 g/mol. The van der Waals surface area contributed by atoms with Crippen molar-refractivity contribution in [1.29, 1.82) is 0 Å². The van der Waals surface area contributed by atoms with Gasteiger partial charge in [0, 0.05) is 19.1 Å². The summed E-state index contributed by atoms with van der Waals surface area (Å²) >= 11 is 0. The summed E-state index contributed by atoms with van der Waals surface area (Å²) in [5, 5.41) is 3.43. The second kappa shape index (κ2) is 6.25. The van der Waals surface area contributed by atoms with Gasteiger partial charge in [-0.3, -0.25) is 9.69 Å². The van der Waals surface area contributed by atoms with Gasteiger partial charge in [0.2, 0.25) is 5.91 Å². The lowest BCUT2D eigenvalue weighted by Gasteiger charge is -2.42. The Morgan fingerprint density at radius 2 is 1.86 bits per heavy atom. The molecule has 3 aliphatic rings. The van der Waals surface area contributed by atoms with Crippen LogP contribution in [0.15, 0.2) is 0 Å². The molecule has 0 spiro atoms. The summed E-state index contributed by atoms with van der Waals surface area (Å²) < 4.78 is 0. The summed E-state index contributed by atoms with van der Waals surface area (Å²) in [6.07, 6.45) is 7.08. The largest absolute Gasteiger partial charge is 0.341 e. The Bertz CT molecular complexity index is 376. The van der Waals surface area contributed by atoms with Crippen molar-refractivity contribution in [3.05, 3.63) is 0 Å². The molecule has 21 heavy (non-hydrogen) atoms. The van der Waals surface area contributed by atoms with E-state index in [0.29, 0.717) is 17.4 Å². The lowest BCUT2D eigenvalue weighted by molar-refractivity contribution is -0.140. The number of hydrogen-bond acceptors (Lipinski definition) is 3. The minimum atomic E-state index is 0.169. The molecule has 4 heteroatoms. The number of hydrogen-bond donors (Lipinski definition) is 1. The minimum absolute atomic E-state index is 0.169. The van der Waals surface area contributed by atoms with Crippen LogP contribution in [0, 0.1) is 5.41 Å². The predicted molar refractivity (Wildman–Crippen MR) is 85.2 cm³/mol. The van der Waals surface area contributed by atoms with E-state index in [9.17, 15) is 4.79 Å². The van der Waals surface area contributed by atoms with Crippen LogP contribution in [-0.4, -0.2) is 60.5 Å². The number of likely N-dealkylation sites (tertiary alicyclic amines) is 2. The number of nitrogens with zero attached hydrogens (tertiary/aromatic N) is 2. The highest BCUT2D eigenvalue weighted by Gasteiger charge is 2.39. The maximum atomic E-state index is 13.0. The van der Waals surface area contributed by atoms with Crippen molar-refractivity contribution < 1.29 is 4.79 Å². The van der Waals surface area contributed by atoms with E-state index >= 15 is 0 Å². The van der Waals surface area contributed by atoms with Crippen LogP contribution in [0.25, 0.3) is 0 Å². The van der Waals surface area contributed by atoms with Crippen LogP contribution in [0.5, 0.6) is 0 Å². The van der Waals surface area contributed by atoms with E-state index < -0.39 is 0 Å². The molecule has 1 amide bonds. The highest BCUT2D eigenvalue weighted by atomic mass is 16.2. The normalized spacial score (nSPS) is 31.5. The Kier molecular flexibility index (Phi) is 4.55. The minimum Gasteiger partial charge on any atom is -0.341 e. The first-order valence-electron chi connectivity index (χ1n) is 8.82. The van der Waals surface area contributed by atoms with E-state index in [1.807, 2.05) is 0 Å². The van der Waals surface area contributed by atoms with E-state index in [1.54, 1.807) is 0 Å². The standard InChI is InChI=1S/C17H31N3O/c1-17(2)8-4-11-19(13-17)16(21)15-5-3-12-20(15)14-6-9-18-10-7-14/h14-15,18H,3-13H2,1-2H3. The average Bonchev–Trinajstić information content (AvgIpc) is 2.95. The molecule has 0 aromatic carbocycles. The number of amides is 1. The molecule has 3 aliphatic heterocycles. The third kappa shape index (κ3) is 3.42. The molecule has 0 aromatic heterocycles. The van der Waals surface area contributed by atoms with E-state index in [-0.39, 0.29) is 6.04 Å². The Morgan fingerprint density at radius 1 is 1.10 bits per heavy atom. The van der Waals surface area contributed by atoms with Crippen molar-refractivity contribution >= 4 is 5.91 Å². The fourth-order valence-corrected chi connectivity index (χ4v) is 4.45. The van der Waals surface area contributed by atoms with Crippen LogP contribution < -0.4 is 5.32 Å². The molecule has 0 saturated carbocycles. The quantitative estimate of drug-likeness (QED) is 0.844. The molecular weight excluding hydrogens is 262 g/mol. The van der Waals surface area contributed by atoms with Gasteiger partial charge in [-0.25, -0.2) is 0 Å². The fourth-order valence-electron chi connectivity index (χ4n) is 4.45. The second-order valence-corrected chi connectivity index (χ2v) is 7.90. The molecule has 1 unspecified atom stereocenters. The zero-order valence-electron chi connectivity index (χ0n) is 13.7. The van der Waals surface area contributed by atoms with Gasteiger partial charge in [-0.05, 0) is 63.6 Å². The number of nitrogens with one attached hydrogen (secondary N) is 1. The SMILES string of the molecule is CC1(C)CCCN(C(=O)C2CCCN2C2CCNCC2)C1. The van der Waals surface area contributed by atoms with Gasteiger partial charge in [0.1, 0.15) is 0 Å². The molecule has 1 atom stereocenters.